The number of carbonyl (C=O) groups excluding carboxylic acids is 2. The predicted octanol–water partition coefficient (Wildman–Crippen LogP) is 2.72. The lowest BCUT2D eigenvalue weighted by Gasteiger charge is -2.44. The maximum atomic E-state index is 14.2. The molecule has 0 radical (unpaired) electrons. The Bertz CT molecular complexity index is 684. The smallest absolute Gasteiger partial charge is 0.257 e. The summed E-state index contributed by atoms with van der Waals surface area (Å²) in [5.41, 5.74) is -0.887. The van der Waals surface area contributed by atoms with Crippen LogP contribution in [-0.2, 0) is 9.53 Å². The Hall–Kier alpha value is -1.66. The number of carbonyl (C=O) groups is 2. The van der Waals surface area contributed by atoms with E-state index < -0.39 is 17.3 Å². The fraction of sp³-hybridized carbons (Fsp3) is 0.556. The minimum Gasteiger partial charge on any atom is -0.383 e. The van der Waals surface area contributed by atoms with Crippen molar-refractivity contribution in [1.29, 1.82) is 0 Å². The molecule has 0 aromatic heterocycles. The molecule has 2 amide bonds. The molecule has 1 atom stereocenters. The third kappa shape index (κ3) is 3.25. The zero-order chi connectivity index (χ0) is 18.0. The molecule has 25 heavy (non-hydrogen) atoms. The van der Waals surface area contributed by atoms with Gasteiger partial charge in [-0.2, -0.15) is 0 Å². The summed E-state index contributed by atoms with van der Waals surface area (Å²) in [6.07, 6.45) is 2.81. The van der Waals surface area contributed by atoms with Gasteiger partial charge in [-0.3, -0.25) is 9.59 Å². The quantitative estimate of drug-likeness (QED) is 0.821. The molecule has 5 nitrogen and oxygen atoms in total. The molecule has 2 heterocycles. The molecule has 0 saturated carbocycles. The molecule has 0 bridgehead atoms. The van der Waals surface area contributed by atoms with Gasteiger partial charge in [0.1, 0.15) is 11.4 Å². The summed E-state index contributed by atoms with van der Waals surface area (Å²) in [5, 5.41) is 0.240. The van der Waals surface area contributed by atoms with E-state index >= 15 is 0 Å². The number of ether oxygens (including phenoxy) is 1. The first-order chi connectivity index (χ1) is 12.0. The summed E-state index contributed by atoms with van der Waals surface area (Å²) in [7, 11) is 1.60. The van der Waals surface area contributed by atoms with Gasteiger partial charge < -0.3 is 14.5 Å². The van der Waals surface area contributed by atoms with Crippen LogP contribution >= 0.6 is 11.6 Å². The summed E-state index contributed by atoms with van der Waals surface area (Å²) in [6.45, 7) is 2.10. The zero-order valence-corrected chi connectivity index (χ0v) is 15.0. The highest BCUT2D eigenvalue weighted by atomic mass is 35.5. The van der Waals surface area contributed by atoms with E-state index in [1.807, 2.05) is 0 Å². The van der Waals surface area contributed by atoms with Gasteiger partial charge in [-0.05, 0) is 43.9 Å². The van der Waals surface area contributed by atoms with Gasteiger partial charge in [0.2, 0.25) is 5.91 Å². The second-order valence-electron chi connectivity index (χ2n) is 6.60. The number of hydrogen-bond acceptors (Lipinski definition) is 3. The lowest BCUT2D eigenvalue weighted by atomic mass is 9.85. The number of benzene rings is 1. The van der Waals surface area contributed by atoms with Gasteiger partial charge in [-0.15, -0.1) is 0 Å². The van der Waals surface area contributed by atoms with Crippen molar-refractivity contribution >= 4 is 23.4 Å². The summed E-state index contributed by atoms with van der Waals surface area (Å²) >= 11 is 5.78. The molecule has 1 aromatic carbocycles. The molecule has 3 rings (SSSR count). The van der Waals surface area contributed by atoms with E-state index in [-0.39, 0.29) is 16.5 Å². The molecule has 1 spiro atoms. The number of nitrogens with zero attached hydrogens (tertiary/aromatic N) is 2. The van der Waals surface area contributed by atoms with E-state index in [0.29, 0.717) is 39.1 Å². The van der Waals surface area contributed by atoms with E-state index in [2.05, 4.69) is 0 Å². The molecule has 2 aliphatic rings. The largest absolute Gasteiger partial charge is 0.383 e. The van der Waals surface area contributed by atoms with Gasteiger partial charge in [0.05, 0.1) is 12.2 Å². The van der Waals surface area contributed by atoms with Crippen molar-refractivity contribution in [2.45, 2.75) is 31.2 Å². The summed E-state index contributed by atoms with van der Waals surface area (Å²) in [6, 6.07) is 4.02. The molecule has 136 valence electrons. The number of piperidine rings is 1. The van der Waals surface area contributed by atoms with E-state index in [4.69, 9.17) is 16.3 Å². The van der Waals surface area contributed by atoms with Crippen LogP contribution in [0.15, 0.2) is 18.2 Å². The van der Waals surface area contributed by atoms with E-state index in [1.165, 1.54) is 12.1 Å². The topological polar surface area (TPSA) is 49.9 Å². The Morgan fingerprint density at radius 3 is 2.72 bits per heavy atom. The molecule has 7 heteroatoms. The van der Waals surface area contributed by atoms with Crippen LogP contribution in [0.2, 0.25) is 5.02 Å². The van der Waals surface area contributed by atoms with Crippen LogP contribution in [0, 0.1) is 5.82 Å². The van der Waals surface area contributed by atoms with Crippen LogP contribution in [0.5, 0.6) is 0 Å². The van der Waals surface area contributed by atoms with Crippen LogP contribution in [0.3, 0.4) is 0 Å². The summed E-state index contributed by atoms with van der Waals surface area (Å²) in [4.78, 5) is 29.4. The first kappa shape index (κ1) is 18.1. The molecular formula is C18H22ClFN2O3. The molecule has 1 unspecified atom stereocenters. The maximum absolute atomic E-state index is 14.2. The monoisotopic (exact) mass is 368 g/mol. The normalized spacial score (nSPS) is 23.6. The fourth-order valence-electron chi connectivity index (χ4n) is 3.95. The minimum atomic E-state index is -0.852. The standard InChI is InChI=1S/C18H22ClFN2O3/c1-25-11-10-21-8-2-6-18(17(21)24)7-3-9-22(18)16(23)14-5-4-13(19)12-15(14)20/h4-5,12H,2-3,6-11H2,1H3. The van der Waals surface area contributed by atoms with Gasteiger partial charge in [0.15, 0.2) is 0 Å². The molecule has 2 aliphatic heterocycles. The Balaban J connectivity index is 1.88. The Kier molecular flexibility index (Phi) is 5.29. The second kappa shape index (κ2) is 7.30. The SMILES string of the molecule is COCCN1CCCC2(CCCN2C(=O)c2ccc(Cl)cc2F)C1=O. The molecular weight excluding hydrogens is 347 g/mol. The highest BCUT2D eigenvalue weighted by molar-refractivity contribution is 6.30. The number of amides is 2. The Labute approximate surface area is 151 Å². The van der Waals surface area contributed by atoms with Crippen molar-refractivity contribution in [3.63, 3.8) is 0 Å². The number of hydrogen-bond donors (Lipinski definition) is 0. The third-order valence-corrected chi connectivity index (χ3v) is 5.40. The molecule has 0 aliphatic carbocycles. The van der Waals surface area contributed by atoms with Crippen LogP contribution in [0.4, 0.5) is 4.39 Å². The second-order valence-corrected chi connectivity index (χ2v) is 7.04. The lowest BCUT2D eigenvalue weighted by Crippen LogP contribution is -2.61. The fourth-order valence-corrected chi connectivity index (χ4v) is 4.10. The Morgan fingerprint density at radius 2 is 2.04 bits per heavy atom. The van der Waals surface area contributed by atoms with Crippen LogP contribution in [0.25, 0.3) is 0 Å². The molecule has 1 aromatic rings. The van der Waals surface area contributed by atoms with Crippen molar-refractivity contribution < 1.29 is 18.7 Å². The van der Waals surface area contributed by atoms with E-state index in [9.17, 15) is 14.0 Å². The number of rotatable bonds is 4. The number of methoxy groups -OCH3 is 1. The van der Waals surface area contributed by atoms with E-state index in [0.717, 1.165) is 18.9 Å². The van der Waals surface area contributed by atoms with Crippen molar-refractivity contribution in [3.05, 3.63) is 34.6 Å². The van der Waals surface area contributed by atoms with E-state index in [1.54, 1.807) is 16.9 Å². The first-order valence-corrected chi connectivity index (χ1v) is 8.93. The van der Waals surface area contributed by atoms with Gasteiger partial charge in [0.25, 0.3) is 5.91 Å². The van der Waals surface area contributed by atoms with Crippen LogP contribution in [-0.4, -0.2) is 60.5 Å². The van der Waals surface area contributed by atoms with Crippen LogP contribution in [0.1, 0.15) is 36.0 Å². The number of likely N-dealkylation sites (tertiary alicyclic amines) is 2. The molecule has 0 N–H and O–H groups in total. The maximum Gasteiger partial charge on any atom is 0.257 e. The molecule has 2 fully saturated rings. The summed E-state index contributed by atoms with van der Waals surface area (Å²) in [5.74, 6) is -1.14. The van der Waals surface area contributed by atoms with Gasteiger partial charge in [0, 0.05) is 31.8 Å². The molecule has 2 saturated heterocycles. The third-order valence-electron chi connectivity index (χ3n) is 5.16. The zero-order valence-electron chi connectivity index (χ0n) is 14.3. The van der Waals surface area contributed by atoms with Gasteiger partial charge >= 0.3 is 0 Å². The highest BCUT2D eigenvalue weighted by Crippen LogP contribution is 2.39. The van der Waals surface area contributed by atoms with Crippen LogP contribution < -0.4 is 0 Å². The highest BCUT2D eigenvalue weighted by Gasteiger charge is 2.52. The van der Waals surface area contributed by atoms with Crippen molar-refractivity contribution in [2.24, 2.45) is 0 Å². The van der Waals surface area contributed by atoms with Crippen molar-refractivity contribution in [1.82, 2.24) is 9.80 Å². The van der Waals surface area contributed by atoms with Gasteiger partial charge in [-0.25, -0.2) is 4.39 Å². The Morgan fingerprint density at radius 1 is 1.32 bits per heavy atom. The van der Waals surface area contributed by atoms with Crippen molar-refractivity contribution in [3.8, 4) is 0 Å². The van der Waals surface area contributed by atoms with Crippen molar-refractivity contribution in [2.75, 3.05) is 33.4 Å². The predicted molar refractivity (Wildman–Crippen MR) is 92.1 cm³/mol. The summed E-state index contributed by atoms with van der Waals surface area (Å²) < 4.78 is 19.3. The average Bonchev–Trinajstić information content (AvgIpc) is 3.00. The number of halogens is 2. The first-order valence-electron chi connectivity index (χ1n) is 8.55. The van der Waals surface area contributed by atoms with Gasteiger partial charge in [-0.1, -0.05) is 11.6 Å². The lowest BCUT2D eigenvalue weighted by molar-refractivity contribution is -0.146. The minimum absolute atomic E-state index is 0.0347. The average molecular weight is 369 g/mol.